The number of aromatic amines is 1. The van der Waals surface area contributed by atoms with Gasteiger partial charge in [-0.25, -0.2) is 4.98 Å². The lowest BCUT2D eigenvalue weighted by molar-refractivity contribution is -0.401. The van der Waals surface area contributed by atoms with E-state index in [1.807, 2.05) is 0 Å². The molecule has 3 rings (SSSR count). The van der Waals surface area contributed by atoms with Crippen LogP contribution in [0.15, 0.2) is 21.3 Å². The summed E-state index contributed by atoms with van der Waals surface area (Å²) >= 11 is 0. The Morgan fingerprint density at radius 3 is 2.84 bits per heavy atom. The van der Waals surface area contributed by atoms with Crippen molar-refractivity contribution in [3.63, 3.8) is 0 Å². The summed E-state index contributed by atoms with van der Waals surface area (Å²) in [6, 6.07) is 2.68. The van der Waals surface area contributed by atoms with Gasteiger partial charge in [-0.05, 0) is 31.7 Å². The van der Waals surface area contributed by atoms with Crippen molar-refractivity contribution in [1.29, 1.82) is 0 Å². The quantitative estimate of drug-likeness (QED) is 0.656. The second kappa shape index (κ2) is 4.34. The van der Waals surface area contributed by atoms with E-state index >= 15 is 0 Å². The van der Waals surface area contributed by atoms with Crippen LogP contribution in [0.3, 0.4) is 0 Å². The average Bonchev–Trinajstić information content (AvgIpc) is 2.88. The van der Waals surface area contributed by atoms with E-state index in [4.69, 9.17) is 4.42 Å². The van der Waals surface area contributed by atoms with Gasteiger partial charge < -0.3 is 9.40 Å². The number of aromatic nitrogens is 2. The van der Waals surface area contributed by atoms with Crippen molar-refractivity contribution in [2.75, 3.05) is 0 Å². The SMILES string of the molecule is O=c1[nH]c(-c2ccc([N+](=O)[O-])o2)nc2c1CCCC2. The van der Waals surface area contributed by atoms with E-state index < -0.39 is 4.92 Å². The topological polar surface area (TPSA) is 102 Å². The molecule has 0 atom stereocenters. The standard InChI is InChI=1S/C12H11N3O4/c16-12-7-3-1-2-4-8(7)13-11(14-12)9-5-6-10(19-9)15(17)18/h5-6H,1-4H2,(H,13,14,16). The molecule has 0 unspecified atom stereocenters. The summed E-state index contributed by atoms with van der Waals surface area (Å²) in [5.41, 5.74) is 1.30. The molecule has 2 aromatic rings. The molecule has 2 heterocycles. The molecular weight excluding hydrogens is 250 g/mol. The van der Waals surface area contributed by atoms with Crippen molar-refractivity contribution in [1.82, 2.24) is 9.97 Å². The minimum atomic E-state index is -0.625. The van der Waals surface area contributed by atoms with Gasteiger partial charge in [0.1, 0.15) is 4.92 Å². The van der Waals surface area contributed by atoms with Crippen molar-refractivity contribution in [2.45, 2.75) is 25.7 Å². The Labute approximate surface area is 107 Å². The Kier molecular flexibility index (Phi) is 2.66. The number of furan rings is 1. The summed E-state index contributed by atoms with van der Waals surface area (Å²) < 4.78 is 5.05. The average molecular weight is 261 g/mol. The lowest BCUT2D eigenvalue weighted by Gasteiger charge is -2.13. The number of nitrogens with one attached hydrogen (secondary N) is 1. The van der Waals surface area contributed by atoms with Crippen LogP contribution < -0.4 is 5.56 Å². The van der Waals surface area contributed by atoms with Gasteiger partial charge in [0.05, 0.1) is 11.8 Å². The number of rotatable bonds is 2. The lowest BCUT2D eigenvalue weighted by Crippen LogP contribution is -2.21. The molecule has 7 nitrogen and oxygen atoms in total. The molecule has 1 aliphatic rings. The highest BCUT2D eigenvalue weighted by Crippen LogP contribution is 2.24. The molecule has 0 saturated carbocycles. The van der Waals surface area contributed by atoms with E-state index in [0.717, 1.165) is 36.9 Å². The molecule has 0 saturated heterocycles. The van der Waals surface area contributed by atoms with Crippen molar-refractivity contribution in [3.05, 3.63) is 43.9 Å². The van der Waals surface area contributed by atoms with Gasteiger partial charge in [0, 0.05) is 5.56 Å². The zero-order valence-corrected chi connectivity index (χ0v) is 10.0. The third kappa shape index (κ3) is 2.03. The number of hydrogen-bond acceptors (Lipinski definition) is 5. The molecule has 0 aromatic carbocycles. The van der Waals surface area contributed by atoms with Gasteiger partial charge in [-0.1, -0.05) is 0 Å². The Morgan fingerprint density at radius 2 is 2.11 bits per heavy atom. The zero-order chi connectivity index (χ0) is 13.4. The number of H-pyrrole nitrogens is 1. The second-order valence-corrected chi connectivity index (χ2v) is 4.44. The van der Waals surface area contributed by atoms with Crippen LogP contribution in [-0.4, -0.2) is 14.9 Å². The molecule has 0 amide bonds. The highest BCUT2D eigenvalue weighted by molar-refractivity contribution is 5.49. The maximum atomic E-state index is 11.9. The number of fused-ring (bicyclic) bond motifs is 1. The smallest absolute Gasteiger partial charge is 0.397 e. The first-order valence-corrected chi connectivity index (χ1v) is 6.02. The molecule has 0 radical (unpaired) electrons. The molecule has 1 aliphatic carbocycles. The van der Waals surface area contributed by atoms with Crippen LogP contribution in [-0.2, 0) is 12.8 Å². The molecule has 0 bridgehead atoms. The van der Waals surface area contributed by atoms with Crippen molar-refractivity contribution >= 4 is 5.88 Å². The Balaban J connectivity index is 2.07. The van der Waals surface area contributed by atoms with E-state index in [2.05, 4.69) is 9.97 Å². The normalized spacial score (nSPS) is 14.1. The molecule has 7 heteroatoms. The number of hydrogen-bond donors (Lipinski definition) is 1. The first-order chi connectivity index (χ1) is 9.15. The summed E-state index contributed by atoms with van der Waals surface area (Å²) in [4.78, 5) is 28.8. The monoisotopic (exact) mass is 261 g/mol. The Morgan fingerprint density at radius 1 is 1.32 bits per heavy atom. The van der Waals surface area contributed by atoms with Crippen molar-refractivity contribution < 1.29 is 9.34 Å². The summed E-state index contributed by atoms with van der Waals surface area (Å²) in [5.74, 6) is 0.0892. The minimum absolute atomic E-state index is 0.182. The van der Waals surface area contributed by atoms with Crippen LogP contribution in [0, 0.1) is 10.1 Å². The number of nitro groups is 1. The molecule has 2 aromatic heterocycles. The van der Waals surface area contributed by atoms with E-state index in [-0.39, 0.29) is 23.0 Å². The van der Waals surface area contributed by atoms with E-state index in [0.29, 0.717) is 0 Å². The van der Waals surface area contributed by atoms with Crippen LogP contribution >= 0.6 is 0 Å². The Hall–Kier alpha value is -2.44. The van der Waals surface area contributed by atoms with E-state index in [1.165, 1.54) is 12.1 Å². The van der Waals surface area contributed by atoms with E-state index in [1.54, 1.807) is 0 Å². The molecule has 0 spiro atoms. The molecular formula is C12H11N3O4. The van der Waals surface area contributed by atoms with E-state index in [9.17, 15) is 14.9 Å². The molecule has 0 fully saturated rings. The first kappa shape index (κ1) is 11.6. The van der Waals surface area contributed by atoms with Crippen LogP contribution in [0.5, 0.6) is 0 Å². The summed E-state index contributed by atoms with van der Waals surface area (Å²) in [5, 5.41) is 10.6. The molecule has 98 valence electrons. The third-order valence-corrected chi connectivity index (χ3v) is 3.20. The van der Waals surface area contributed by atoms with Gasteiger partial charge in [-0.2, -0.15) is 0 Å². The first-order valence-electron chi connectivity index (χ1n) is 6.02. The molecule has 19 heavy (non-hydrogen) atoms. The van der Waals surface area contributed by atoms with Crippen LogP contribution in [0.4, 0.5) is 5.88 Å². The highest BCUT2D eigenvalue weighted by Gasteiger charge is 2.19. The minimum Gasteiger partial charge on any atom is -0.397 e. The fraction of sp³-hybridized carbons (Fsp3) is 0.333. The maximum Gasteiger partial charge on any atom is 0.433 e. The lowest BCUT2D eigenvalue weighted by atomic mass is 9.97. The van der Waals surface area contributed by atoms with Gasteiger partial charge in [-0.15, -0.1) is 0 Å². The fourth-order valence-electron chi connectivity index (χ4n) is 2.27. The highest BCUT2D eigenvalue weighted by atomic mass is 16.6. The number of aryl methyl sites for hydroxylation is 1. The summed E-state index contributed by atoms with van der Waals surface area (Å²) in [6.07, 6.45) is 3.48. The third-order valence-electron chi connectivity index (χ3n) is 3.20. The van der Waals surface area contributed by atoms with Gasteiger partial charge in [0.2, 0.25) is 0 Å². The predicted octanol–water partition coefficient (Wildman–Crippen LogP) is 1.82. The largest absolute Gasteiger partial charge is 0.433 e. The van der Waals surface area contributed by atoms with Crippen molar-refractivity contribution in [2.24, 2.45) is 0 Å². The van der Waals surface area contributed by atoms with Crippen LogP contribution in [0.2, 0.25) is 0 Å². The number of nitrogens with zero attached hydrogens (tertiary/aromatic N) is 2. The Bertz CT molecular complexity index is 701. The molecule has 1 N–H and O–H groups in total. The summed E-state index contributed by atoms with van der Waals surface area (Å²) in [6.45, 7) is 0. The molecule has 0 aliphatic heterocycles. The van der Waals surface area contributed by atoms with Gasteiger partial charge in [-0.3, -0.25) is 14.9 Å². The maximum absolute atomic E-state index is 11.9. The van der Waals surface area contributed by atoms with Gasteiger partial charge in [0.25, 0.3) is 5.56 Å². The van der Waals surface area contributed by atoms with Gasteiger partial charge >= 0.3 is 5.88 Å². The summed E-state index contributed by atoms with van der Waals surface area (Å²) in [7, 11) is 0. The van der Waals surface area contributed by atoms with Crippen molar-refractivity contribution in [3.8, 4) is 11.6 Å². The van der Waals surface area contributed by atoms with Crippen LogP contribution in [0.25, 0.3) is 11.6 Å². The van der Waals surface area contributed by atoms with Crippen LogP contribution in [0.1, 0.15) is 24.1 Å². The second-order valence-electron chi connectivity index (χ2n) is 4.44. The van der Waals surface area contributed by atoms with Gasteiger partial charge in [0.15, 0.2) is 11.6 Å². The fourth-order valence-corrected chi connectivity index (χ4v) is 2.27. The zero-order valence-electron chi connectivity index (χ0n) is 10.0. The predicted molar refractivity (Wildman–Crippen MR) is 65.9 cm³/mol.